The van der Waals surface area contributed by atoms with Crippen molar-refractivity contribution in [3.05, 3.63) is 78.0 Å². The van der Waals surface area contributed by atoms with Gasteiger partial charge in [-0.25, -0.2) is 0 Å². The number of carbonyl (C=O) groups is 1. The molecule has 2 rings (SSSR count). The van der Waals surface area contributed by atoms with E-state index in [1.165, 1.54) is 6.08 Å². The third kappa shape index (κ3) is 3.32. The fourth-order valence-electron chi connectivity index (χ4n) is 1.56. The Labute approximate surface area is 107 Å². The van der Waals surface area contributed by atoms with E-state index in [2.05, 4.69) is 5.32 Å². The molecule has 0 atom stereocenters. The van der Waals surface area contributed by atoms with Gasteiger partial charge in [0.1, 0.15) is 0 Å². The van der Waals surface area contributed by atoms with Crippen LogP contribution in [0.15, 0.2) is 66.9 Å². The first-order valence-electron chi connectivity index (χ1n) is 5.85. The molecule has 2 aromatic rings. The van der Waals surface area contributed by atoms with Gasteiger partial charge in [-0.05, 0) is 19.1 Å². The van der Waals surface area contributed by atoms with E-state index >= 15 is 0 Å². The number of ketones is 1. The fourth-order valence-corrected chi connectivity index (χ4v) is 1.56. The second-order valence-electron chi connectivity index (χ2n) is 4.07. The largest absolute Gasteiger partial charge is 0.362 e. The number of allylic oxidation sites excluding steroid dienone is 1. The third-order valence-corrected chi connectivity index (χ3v) is 2.59. The molecule has 90 valence electrons. The second kappa shape index (κ2) is 5.82. The van der Waals surface area contributed by atoms with Crippen molar-refractivity contribution in [2.75, 3.05) is 5.32 Å². The molecule has 0 spiro atoms. The Morgan fingerprint density at radius 3 is 2.33 bits per heavy atom. The number of para-hydroxylation sites is 1. The van der Waals surface area contributed by atoms with Gasteiger partial charge in [0.25, 0.3) is 0 Å². The lowest BCUT2D eigenvalue weighted by Crippen LogP contribution is -1.96. The molecule has 0 bridgehead atoms. The molecule has 18 heavy (non-hydrogen) atoms. The van der Waals surface area contributed by atoms with Crippen LogP contribution in [0.5, 0.6) is 0 Å². The molecular formula is C16H15NO. The van der Waals surface area contributed by atoms with Crippen LogP contribution in [-0.4, -0.2) is 5.78 Å². The van der Waals surface area contributed by atoms with Gasteiger partial charge < -0.3 is 5.32 Å². The summed E-state index contributed by atoms with van der Waals surface area (Å²) in [7, 11) is 0. The monoisotopic (exact) mass is 237 g/mol. The standard InChI is InChI=1S/C16H15NO/c1-13-7-9-14(10-8-13)16(18)11-12-17-15-5-3-2-4-6-15/h2-12,17H,1H3/b12-11+. The van der Waals surface area contributed by atoms with E-state index in [4.69, 9.17) is 0 Å². The lowest BCUT2D eigenvalue weighted by Gasteiger charge is -1.99. The quantitative estimate of drug-likeness (QED) is 0.647. The number of aryl methyl sites for hydroxylation is 1. The zero-order valence-electron chi connectivity index (χ0n) is 10.3. The molecule has 0 aliphatic rings. The van der Waals surface area contributed by atoms with Crippen molar-refractivity contribution in [2.45, 2.75) is 6.92 Å². The SMILES string of the molecule is Cc1ccc(C(=O)/C=C/Nc2ccccc2)cc1. The van der Waals surface area contributed by atoms with Crippen LogP contribution in [0.4, 0.5) is 5.69 Å². The van der Waals surface area contributed by atoms with Crippen molar-refractivity contribution in [2.24, 2.45) is 0 Å². The summed E-state index contributed by atoms with van der Waals surface area (Å²) in [5, 5.41) is 3.06. The third-order valence-electron chi connectivity index (χ3n) is 2.59. The Kier molecular flexibility index (Phi) is 3.92. The van der Waals surface area contributed by atoms with Gasteiger partial charge in [-0.15, -0.1) is 0 Å². The number of nitrogens with one attached hydrogen (secondary N) is 1. The maximum Gasteiger partial charge on any atom is 0.187 e. The summed E-state index contributed by atoms with van der Waals surface area (Å²) in [6, 6.07) is 17.3. The minimum Gasteiger partial charge on any atom is -0.362 e. The average Bonchev–Trinajstić information content (AvgIpc) is 2.40. The Morgan fingerprint density at radius 2 is 1.67 bits per heavy atom. The molecule has 0 saturated heterocycles. The van der Waals surface area contributed by atoms with E-state index in [9.17, 15) is 4.79 Å². The smallest absolute Gasteiger partial charge is 0.187 e. The van der Waals surface area contributed by atoms with Crippen LogP contribution < -0.4 is 5.32 Å². The number of benzene rings is 2. The van der Waals surface area contributed by atoms with Crippen molar-refractivity contribution >= 4 is 11.5 Å². The highest BCUT2D eigenvalue weighted by Gasteiger charge is 1.99. The predicted octanol–water partition coefficient (Wildman–Crippen LogP) is 3.80. The number of carbonyl (C=O) groups excluding carboxylic acids is 1. The molecule has 0 unspecified atom stereocenters. The topological polar surface area (TPSA) is 29.1 Å². The van der Waals surface area contributed by atoms with Gasteiger partial charge in [-0.2, -0.15) is 0 Å². The van der Waals surface area contributed by atoms with E-state index in [0.29, 0.717) is 5.56 Å². The van der Waals surface area contributed by atoms with Crippen molar-refractivity contribution in [3.63, 3.8) is 0 Å². The van der Waals surface area contributed by atoms with Crippen molar-refractivity contribution in [3.8, 4) is 0 Å². The van der Waals surface area contributed by atoms with Gasteiger partial charge in [0.2, 0.25) is 0 Å². The van der Waals surface area contributed by atoms with Crippen LogP contribution in [0.1, 0.15) is 15.9 Å². The van der Waals surface area contributed by atoms with Gasteiger partial charge in [0.15, 0.2) is 5.78 Å². The molecule has 0 aliphatic heterocycles. The molecule has 0 fully saturated rings. The fraction of sp³-hybridized carbons (Fsp3) is 0.0625. The molecule has 0 amide bonds. The van der Waals surface area contributed by atoms with Crippen LogP contribution >= 0.6 is 0 Å². The number of hydrogen-bond donors (Lipinski definition) is 1. The highest BCUT2D eigenvalue weighted by Crippen LogP contribution is 2.06. The van der Waals surface area contributed by atoms with Crippen LogP contribution in [0.25, 0.3) is 0 Å². The molecule has 2 heteroatoms. The Bertz CT molecular complexity index is 541. The van der Waals surface area contributed by atoms with Crippen LogP contribution in [0.2, 0.25) is 0 Å². The van der Waals surface area contributed by atoms with Crippen LogP contribution in [0.3, 0.4) is 0 Å². The minimum atomic E-state index is -0.00145. The average molecular weight is 237 g/mol. The zero-order chi connectivity index (χ0) is 12.8. The first kappa shape index (κ1) is 12.1. The van der Waals surface area contributed by atoms with E-state index in [1.54, 1.807) is 6.20 Å². The van der Waals surface area contributed by atoms with E-state index in [1.807, 2.05) is 61.5 Å². The summed E-state index contributed by atoms with van der Waals surface area (Å²) in [5.74, 6) is -0.00145. The first-order chi connectivity index (χ1) is 8.75. The zero-order valence-corrected chi connectivity index (χ0v) is 10.3. The Balaban J connectivity index is 1.97. The number of hydrogen-bond acceptors (Lipinski definition) is 2. The van der Waals surface area contributed by atoms with Gasteiger partial charge >= 0.3 is 0 Å². The normalized spacial score (nSPS) is 10.5. The summed E-state index contributed by atoms with van der Waals surface area (Å²) in [5.41, 5.74) is 2.81. The molecular weight excluding hydrogens is 222 g/mol. The number of anilines is 1. The van der Waals surface area contributed by atoms with Gasteiger partial charge in [0.05, 0.1) is 0 Å². The van der Waals surface area contributed by atoms with Crippen LogP contribution in [-0.2, 0) is 0 Å². The molecule has 0 heterocycles. The lowest BCUT2D eigenvalue weighted by molar-refractivity contribution is 0.104. The van der Waals surface area contributed by atoms with Gasteiger partial charge in [-0.3, -0.25) is 4.79 Å². The first-order valence-corrected chi connectivity index (χ1v) is 5.85. The second-order valence-corrected chi connectivity index (χ2v) is 4.07. The van der Waals surface area contributed by atoms with Crippen molar-refractivity contribution in [1.82, 2.24) is 0 Å². The van der Waals surface area contributed by atoms with E-state index in [0.717, 1.165) is 11.3 Å². The number of rotatable bonds is 4. The predicted molar refractivity (Wildman–Crippen MR) is 74.7 cm³/mol. The maximum absolute atomic E-state index is 11.8. The Morgan fingerprint density at radius 1 is 1.00 bits per heavy atom. The lowest BCUT2D eigenvalue weighted by atomic mass is 10.1. The summed E-state index contributed by atoms with van der Waals surface area (Å²) >= 11 is 0. The molecule has 0 aliphatic carbocycles. The summed E-state index contributed by atoms with van der Waals surface area (Å²) in [6.07, 6.45) is 3.20. The van der Waals surface area contributed by atoms with E-state index in [-0.39, 0.29) is 5.78 Å². The minimum absolute atomic E-state index is 0.00145. The maximum atomic E-state index is 11.8. The molecule has 1 N–H and O–H groups in total. The van der Waals surface area contributed by atoms with Gasteiger partial charge in [0, 0.05) is 23.5 Å². The van der Waals surface area contributed by atoms with Crippen molar-refractivity contribution < 1.29 is 4.79 Å². The molecule has 2 aromatic carbocycles. The summed E-state index contributed by atoms with van der Waals surface area (Å²) in [4.78, 5) is 11.8. The van der Waals surface area contributed by atoms with Crippen LogP contribution in [0, 0.1) is 6.92 Å². The molecule has 0 saturated carbocycles. The van der Waals surface area contributed by atoms with Crippen molar-refractivity contribution in [1.29, 1.82) is 0 Å². The van der Waals surface area contributed by atoms with E-state index < -0.39 is 0 Å². The highest BCUT2D eigenvalue weighted by atomic mass is 16.1. The molecule has 0 aromatic heterocycles. The molecule has 2 nitrogen and oxygen atoms in total. The highest BCUT2D eigenvalue weighted by molar-refractivity contribution is 6.04. The Hall–Kier alpha value is -2.35. The summed E-state index contributed by atoms with van der Waals surface area (Å²) in [6.45, 7) is 2.00. The summed E-state index contributed by atoms with van der Waals surface area (Å²) < 4.78 is 0. The van der Waals surface area contributed by atoms with Gasteiger partial charge in [-0.1, -0.05) is 48.0 Å². The molecule has 0 radical (unpaired) electrons.